The topological polar surface area (TPSA) is 236 Å². The van der Waals surface area contributed by atoms with Crippen molar-refractivity contribution < 1.29 is 54.0 Å². The van der Waals surface area contributed by atoms with Crippen LogP contribution in [0.5, 0.6) is 0 Å². The summed E-state index contributed by atoms with van der Waals surface area (Å²) >= 11 is 0. The van der Waals surface area contributed by atoms with Crippen LogP contribution in [0, 0.1) is 11.8 Å². The molecule has 50 heavy (non-hydrogen) atoms. The number of hydrogen-bond donors (Lipinski definition) is 7. The fourth-order valence-corrected chi connectivity index (χ4v) is 6.27. The number of amides is 3. The van der Waals surface area contributed by atoms with Crippen LogP contribution in [-0.2, 0) is 33.6 Å². The van der Waals surface area contributed by atoms with Gasteiger partial charge in [0.2, 0.25) is 17.7 Å². The molecule has 1 fully saturated rings. The maximum atomic E-state index is 12.8. The molecule has 0 heterocycles. The third-order valence-electron chi connectivity index (χ3n) is 9.40. The van der Waals surface area contributed by atoms with E-state index in [9.17, 15) is 43.8 Å². The fraction of sp³-hybridized carbons (Fsp3) is 0.806. The number of nitrogens with one attached hydrogen (secondary N) is 3. The Kier molecular flexibility index (Phi) is 24.0. The highest BCUT2D eigenvalue weighted by molar-refractivity contribution is 5.87. The molecule has 1 aliphatic rings. The van der Waals surface area contributed by atoms with E-state index in [-0.39, 0.29) is 43.4 Å². The van der Waals surface area contributed by atoms with E-state index in [1.807, 2.05) is 0 Å². The van der Waals surface area contributed by atoms with E-state index in [1.165, 1.54) is 51.4 Å². The Bertz CT molecular complexity index is 1060. The molecule has 0 bridgehead atoms. The van der Waals surface area contributed by atoms with E-state index in [1.54, 1.807) is 0 Å². The van der Waals surface area contributed by atoms with Crippen molar-refractivity contribution in [2.75, 3.05) is 6.54 Å². The predicted molar refractivity (Wildman–Crippen MR) is 185 cm³/mol. The predicted octanol–water partition coefficient (Wildman–Crippen LogP) is 5.02. The Hall–Kier alpha value is -3.71. The summed E-state index contributed by atoms with van der Waals surface area (Å²) in [6.07, 6.45) is 17.8. The van der Waals surface area contributed by atoms with Gasteiger partial charge in [-0.1, -0.05) is 77.0 Å². The first-order valence-electron chi connectivity index (χ1n) is 18.6. The first-order valence-corrected chi connectivity index (χ1v) is 18.6. The highest BCUT2D eigenvalue weighted by atomic mass is 16.4. The van der Waals surface area contributed by atoms with Crippen molar-refractivity contribution in [1.29, 1.82) is 0 Å². The number of carboxylic acid groups (broad SMARTS) is 4. The van der Waals surface area contributed by atoms with Gasteiger partial charge in [-0.15, -0.1) is 0 Å². The first kappa shape index (κ1) is 44.3. The van der Waals surface area contributed by atoms with Crippen LogP contribution in [-0.4, -0.2) is 80.7 Å². The zero-order chi connectivity index (χ0) is 37.1. The highest BCUT2D eigenvalue weighted by Crippen LogP contribution is 2.29. The molecule has 0 saturated heterocycles. The molecule has 2 atom stereocenters. The molecule has 0 radical (unpaired) electrons. The first-order chi connectivity index (χ1) is 23.9. The summed E-state index contributed by atoms with van der Waals surface area (Å²) in [4.78, 5) is 81.5. The summed E-state index contributed by atoms with van der Waals surface area (Å²) in [7, 11) is 0. The second kappa shape index (κ2) is 27.1. The van der Waals surface area contributed by atoms with Crippen molar-refractivity contribution in [3.63, 3.8) is 0 Å². The minimum atomic E-state index is -1.41. The molecule has 1 saturated carbocycles. The van der Waals surface area contributed by atoms with Crippen LogP contribution in [0.1, 0.15) is 154 Å². The van der Waals surface area contributed by atoms with E-state index >= 15 is 0 Å². The number of carboxylic acids is 4. The van der Waals surface area contributed by atoms with Gasteiger partial charge in [0.25, 0.3) is 0 Å². The van der Waals surface area contributed by atoms with E-state index in [0.717, 1.165) is 51.4 Å². The van der Waals surface area contributed by atoms with Gasteiger partial charge in [-0.3, -0.25) is 24.0 Å². The van der Waals surface area contributed by atoms with Crippen LogP contribution in [0.15, 0.2) is 0 Å². The molecule has 0 aromatic carbocycles. The molecule has 0 aliphatic heterocycles. The third kappa shape index (κ3) is 22.8. The third-order valence-corrected chi connectivity index (χ3v) is 9.40. The molecule has 0 aromatic heterocycles. The number of aliphatic carboxylic acids is 4. The molecule has 14 nitrogen and oxygen atoms in total. The summed E-state index contributed by atoms with van der Waals surface area (Å²) in [5.74, 6) is -5.88. The standard InChI is InChI=1S/C36H61N3O11/c40-30(15-13-11-9-7-5-3-1-2-4-6-8-10-12-14-16-32(42)43)37-25-26-17-19-27(20-18-26)34(46)39-29(36(49)50)21-23-31(41)38-28(35(47)48)22-24-33(44)45/h26-29H,1-25H2,(H,37,40)(H,38,41)(H,39,46)(H,42,43)(H,44,45)(H,47,48)(H,49,50)/t26?,27?,28-,29-/m0/s1. The van der Waals surface area contributed by atoms with E-state index in [4.69, 9.17) is 10.2 Å². The van der Waals surface area contributed by atoms with Crippen LogP contribution in [0.4, 0.5) is 0 Å². The fourth-order valence-electron chi connectivity index (χ4n) is 6.27. The van der Waals surface area contributed by atoms with Gasteiger partial charge in [-0.2, -0.15) is 0 Å². The number of unbranched alkanes of at least 4 members (excludes halogenated alkanes) is 13. The molecule has 286 valence electrons. The van der Waals surface area contributed by atoms with Crippen molar-refractivity contribution in [2.45, 2.75) is 166 Å². The molecule has 1 rings (SSSR count). The molecule has 1 aliphatic carbocycles. The molecule has 0 aromatic rings. The smallest absolute Gasteiger partial charge is 0.326 e. The maximum absolute atomic E-state index is 12.8. The van der Waals surface area contributed by atoms with Gasteiger partial charge in [-0.25, -0.2) is 9.59 Å². The second-order valence-corrected chi connectivity index (χ2v) is 13.7. The number of carbonyl (C=O) groups excluding carboxylic acids is 3. The Labute approximate surface area is 295 Å². The van der Waals surface area contributed by atoms with Crippen LogP contribution in [0.3, 0.4) is 0 Å². The van der Waals surface area contributed by atoms with Crippen LogP contribution in [0.25, 0.3) is 0 Å². The molecule has 7 N–H and O–H groups in total. The van der Waals surface area contributed by atoms with Gasteiger partial charge in [0.15, 0.2) is 0 Å². The molecular weight excluding hydrogens is 650 g/mol. The van der Waals surface area contributed by atoms with Crippen LogP contribution < -0.4 is 16.0 Å². The molecule has 0 spiro atoms. The van der Waals surface area contributed by atoms with E-state index in [0.29, 0.717) is 25.8 Å². The number of carbonyl (C=O) groups is 7. The zero-order valence-electron chi connectivity index (χ0n) is 29.6. The van der Waals surface area contributed by atoms with Crippen LogP contribution >= 0.6 is 0 Å². The average molecular weight is 712 g/mol. The quantitative estimate of drug-likeness (QED) is 0.0489. The summed E-state index contributed by atoms with van der Waals surface area (Å²) in [5.41, 5.74) is 0. The SMILES string of the molecule is O=C(O)CCCCCCCCCCCCCCCCC(=O)NCC1CCC(C(=O)N[C@@H](CCC(=O)N[C@@H](CCC(=O)O)C(=O)O)C(=O)O)CC1. The zero-order valence-corrected chi connectivity index (χ0v) is 29.6. The van der Waals surface area contributed by atoms with E-state index in [2.05, 4.69) is 16.0 Å². The maximum Gasteiger partial charge on any atom is 0.326 e. The van der Waals surface area contributed by atoms with Crippen molar-refractivity contribution in [3.8, 4) is 0 Å². The second-order valence-electron chi connectivity index (χ2n) is 13.7. The van der Waals surface area contributed by atoms with Crippen molar-refractivity contribution in [2.24, 2.45) is 11.8 Å². The minimum absolute atomic E-state index is 0.0386. The van der Waals surface area contributed by atoms with Crippen molar-refractivity contribution in [1.82, 2.24) is 16.0 Å². The lowest BCUT2D eigenvalue weighted by atomic mass is 9.81. The Morgan fingerprint density at radius 1 is 0.480 bits per heavy atom. The molecule has 14 heteroatoms. The Balaban J connectivity index is 2.12. The van der Waals surface area contributed by atoms with Crippen molar-refractivity contribution >= 4 is 41.6 Å². The van der Waals surface area contributed by atoms with Gasteiger partial charge >= 0.3 is 23.9 Å². The van der Waals surface area contributed by atoms with Crippen molar-refractivity contribution in [3.05, 3.63) is 0 Å². The summed E-state index contributed by atoms with van der Waals surface area (Å²) in [5, 5.41) is 43.8. The normalized spacial score (nSPS) is 16.9. The minimum Gasteiger partial charge on any atom is -0.481 e. The van der Waals surface area contributed by atoms with E-state index < -0.39 is 54.2 Å². The Morgan fingerprint density at radius 2 is 0.900 bits per heavy atom. The monoisotopic (exact) mass is 711 g/mol. The van der Waals surface area contributed by atoms with Gasteiger partial charge in [0, 0.05) is 38.1 Å². The summed E-state index contributed by atoms with van der Waals surface area (Å²) in [6, 6.07) is -2.74. The summed E-state index contributed by atoms with van der Waals surface area (Å²) in [6.45, 7) is 0.550. The number of rotatable bonds is 30. The summed E-state index contributed by atoms with van der Waals surface area (Å²) < 4.78 is 0. The van der Waals surface area contributed by atoms with Gasteiger partial charge < -0.3 is 36.4 Å². The van der Waals surface area contributed by atoms with Gasteiger partial charge in [0.05, 0.1) is 0 Å². The highest BCUT2D eigenvalue weighted by Gasteiger charge is 2.30. The van der Waals surface area contributed by atoms with Gasteiger partial charge in [-0.05, 0) is 57.3 Å². The number of hydrogen-bond acceptors (Lipinski definition) is 7. The lowest BCUT2D eigenvalue weighted by Gasteiger charge is -2.28. The van der Waals surface area contributed by atoms with Crippen LogP contribution in [0.2, 0.25) is 0 Å². The largest absolute Gasteiger partial charge is 0.481 e. The molecule has 0 unspecified atom stereocenters. The lowest BCUT2D eigenvalue weighted by Crippen LogP contribution is -2.46. The lowest BCUT2D eigenvalue weighted by molar-refractivity contribution is -0.144. The molecule has 3 amide bonds. The van der Waals surface area contributed by atoms with Gasteiger partial charge in [0.1, 0.15) is 12.1 Å². The average Bonchev–Trinajstić information content (AvgIpc) is 3.06. The Morgan fingerprint density at radius 3 is 1.36 bits per heavy atom. The molecular formula is C36H61N3O11.